The number of sulfone groups is 1. The molecule has 0 atom stereocenters. The summed E-state index contributed by atoms with van der Waals surface area (Å²) in [6, 6.07) is 2.72. The Labute approximate surface area is 137 Å². The summed E-state index contributed by atoms with van der Waals surface area (Å²) in [4.78, 5) is 27.4. The van der Waals surface area contributed by atoms with Crippen molar-refractivity contribution in [2.45, 2.75) is 17.6 Å². The molecule has 128 valence electrons. The van der Waals surface area contributed by atoms with Crippen LogP contribution in [0, 0.1) is 0 Å². The number of carboxylic acids is 1. The highest BCUT2D eigenvalue weighted by molar-refractivity contribution is 7.92. The molecule has 0 unspecified atom stereocenters. The standard InChI is InChI=1S/C15H16N2O6S/c1-17-12-10(7-9(13(17)18)14(19)20)16-6-3-11(12)23-8-15(4-5-15)24(2,21)22/h3,6-7H,4-5,8H2,1-2H3,(H,19,20). The van der Waals surface area contributed by atoms with E-state index in [4.69, 9.17) is 9.84 Å². The van der Waals surface area contributed by atoms with E-state index in [9.17, 15) is 18.0 Å². The summed E-state index contributed by atoms with van der Waals surface area (Å²) in [6.07, 6.45) is 3.69. The topological polar surface area (TPSA) is 116 Å². The number of aryl methyl sites for hydroxylation is 1. The fraction of sp³-hybridized carbons (Fsp3) is 0.400. The number of hydrogen-bond acceptors (Lipinski definition) is 6. The lowest BCUT2D eigenvalue weighted by molar-refractivity contribution is 0.0694. The van der Waals surface area contributed by atoms with E-state index in [1.165, 1.54) is 31.6 Å². The zero-order valence-electron chi connectivity index (χ0n) is 13.1. The van der Waals surface area contributed by atoms with Crippen molar-refractivity contribution in [1.82, 2.24) is 9.55 Å². The van der Waals surface area contributed by atoms with Crippen LogP contribution in [0.3, 0.4) is 0 Å². The Morgan fingerprint density at radius 3 is 2.67 bits per heavy atom. The predicted molar refractivity (Wildman–Crippen MR) is 86.2 cm³/mol. The fourth-order valence-electron chi connectivity index (χ4n) is 2.62. The van der Waals surface area contributed by atoms with Crippen molar-refractivity contribution in [2.24, 2.45) is 7.05 Å². The molecule has 8 nitrogen and oxygen atoms in total. The van der Waals surface area contributed by atoms with E-state index >= 15 is 0 Å². The molecule has 1 saturated carbocycles. The van der Waals surface area contributed by atoms with Crippen LogP contribution in [0.4, 0.5) is 0 Å². The Hall–Kier alpha value is -2.42. The van der Waals surface area contributed by atoms with Gasteiger partial charge in [-0.2, -0.15) is 0 Å². The van der Waals surface area contributed by atoms with Crippen LogP contribution >= 0.6 is 0 Å². The van der Waals surface area contributed by atoms with E-state index in [0.29, 0.717) is 24.1 Å². The molecule has 3 rings (SSSR count). The minimum Gasteiger partial charge on any atom is -0.490 e. The molecule has 0 radical (unpaired) electrons. The van der Waals surface area contributed by atoms with Crippen molar-refractivity contribution in [2.75, 3.05) is 12.9 Å². The molecular weight excluding hydrogens is 336 g/mol. The summed E-state index contributed by atoms with van der Waals surface area (Å²) < 4.78 is 29.6. The summed E-state index contributed by atoms with van der Waals surface area (Å²) >= 11 is 0. The second-order valence-corrected chi connectivity index (χ2v) is 8.42. The van der Waals surface area contributed by atoms with Gasteiger partial charge in [0.2, 0.25) is 0 Å². The number of aromatic carboxylic acids is 1. The van der Waals surface area contributed by atoms with Gasteiger partial charge in [-0.25, -0.2) is 13.2 Å². The molecular formula is C15H16N2O6S. The van der Waals surface area contributed by atoms with Crippen LogP contribution < -0.4 is 10.3 Å². The first kappa shape index (κ1) is 16.4. The number of pyridine rings is 2. The molecule has 2 aromatic rings. The summed E-state index contributed by atoms with van der Waals surface area (Å²) in [7, 11) is -1.81. The molecule has 2 heterocycles. The highest BCUT2D eigenvalue weighted by Crippen LogP contribution is 2.43. The van der Waals surface area contributed by atoms with E-state index in [0.717, 1.165) is 4.57 Å². The normalized spacial score (nSPS) is 16.1. The lowest BCUT2D eigenvalue weighted by Crippen LogP contribution is -2.30. The molecule has 0 amide bonds. The average Bonchev–Trinajstić information content (AvgIpc) is 3.29. The van der Waals surface area contributed by atoms with Gasteiger partial charge in [-0.15, -0.1) is 0 Å². The number of hydrogen-bond donors (Lipinski definition) is 1. The Balaban J connectivity index is 2.06. The van der Waals surface area contributed by atoms with Crippen LogP contribution in [0.15, 0.2) is 23.1 Å². The summed E-state index contributed by atoms with van der Waals surface area (Å²) in [6.45, 7) is -0.0141. The molecule has 24 heavy (non-hydrogen) atoms. The quantitative estimate of drug-likeness (QED) is 0.837. The molecule has 1 N–H and O–H groups in total. The minimum atomic E-state index is -3.24. The van der Waals surface area contributed by atoms with Gasteiger partial charge in [0, 0.05) is 25.6 Å². The van der Waals surface area contributed by atoms with Crippen molar-refractivity contribution < 1.29 is 23.1 Å². The van der Waals surface area contributed by atoms with Gasteiger partial charge in [0.15, 0.2) is 9.84 Å². The summed E-state index contributed by atoms with van der Waals surface area (Å²) in [5.74, 6) is -1.04. The predicted octanol–water partition coefficient (Wildman–Crippen LogP) is 0.588. The average molecular weight is 352 g/mol. The molecule has 0 aromatic carbocycles. The molecule has 1 fully saturated rings. The molecule has 2 aromatic heterocycles. The fourth-order valence-corrected chi connectivity index (χ4v) is 3.73. The zero-order chi connectivity index (χ0) is 17.7. The highest BCUT2D eigenvalue weighted by atomic mass is 32.2. The van der Waals surface area contributed by atoms with E-state index in [1.54, 1.807) is 0 Å². The summed E-state index contributed by atoms with van der Waals surface area (Å²) in [5, 5.41) is 9.09. The zero-order valence-corrected chi connectivity index (χ0v) is 14.0. The monoisotopic (exact) mass is 352 g/mol. The number of nitrogens with zero attached hydrogens (tertiary/aromatic N) is 2. The van der Waals surface area contributed by atoms with Gasteiger partial charge in [-0.1, -0.05) is 0 Å². The maximum absolute atomic E-state index is 12.2. The van der Waals surface area contributed by atoms with Crippen LogP contribution in [0.5, 0.6) is 5.75 Å². The largest absolute Gasteiger partial charge is 0.490 e. The number of aromatic nitrogens is 2. The van der Waals surface area contributed by atoms with E-state index < -0.39 is 26.1 Å². The molecule has 9 heteroatoms. The molecule has 1 aliphatic carbocycles. The highest BCUT2D eigenvalue weighted by Gasteiger charge is 2.53. The SMILES string of the molecule is Cn1c(=O)c(C(=O)O)cc2nccc(OCC3(S(C)(=O)=O)CC3)c21. The Bertz CT molecular complexity index is 1000. The van der Waals surface area contributed by atoms with Gasteiger partial charge in [0.1, 0.15) is 28.2 Å². The minimum absolute atomic E-state index is 0.0141. The first-order valence-electron chi connectivity index (χ1n) is 7.21. The smallest absolute Gasteiger partial charge is 0.341 e. The van der Waals surface area contributed by atoms with Crippen molar-refractivity contribution >= 4 is 26.8 Å². The maximum Gasteiger partial charge on any atom is 0.341 e. The lowest BCUT2D eigenvalue weighted by Gasteiger charge is -2.16. The van der Waals surface area contributed by atoms with Crippen LogP contribution in [-0.2, 0) is 16.9 Å². The van der Waals surface area contributed by atoms with Gasteiger partial charge in [-0.3, -0.25) is 9.78 Å². The number of carbonyl (C=O) groups is 1. The van der Waals surface area contributed by atoms with Crippen LogP contribution in [-0.4, -0.2) is 46.7 Å². The van der Waals surface area contributed by atoms with Gasteiger partial charge in [0.25, 0.3) is 5.56 Å². The number of ether oxygens (including phenoxy) is 1. The van der Waals surface area contributed by atoms with E-state index in [-0.39, 0.29) is 17.7 Å². The van der Waals surface area contributed by atoms with Gasteiger partial charge >= 0.3 is 5.97 Å². The second kappa shape index (κ2) is 5.30. The molecule has 0 aliphatic heterocycles. The van der Waals surface area contributed by atoms with Crippen molar-refractivity contribution in [3.05, 3.63) is 34.2 Å². The van der Waals surface area contributed by atoms with Crippen molar-refractivity contribution in [1.29, 1.82) is 0 Å². The Kier molecular flexibility index (Phi) is 3.63. The van der Waals surface area contributed by atoms with Crippen LogP contribution in [0.2, 0.25) is 0 Å². The Morgan fingerprint density at radius 2 is 2.12 bits per heavy atom. The third-order valence-corrected chi connectivity index (χ3v) is 6.48. The Morgan fingerprint density at radius 1 is 1.46 bits per heavy atom. The van der Waals surface area contributed by atoms with Gasteiger partial charge in [-0.05, 0) is 18.9 Å². The second-order valence-electron chi connectivity index (χ2n) is 6.01. The lowest BCUT2D eigenvalue weighted by atomic mass is 10.2. The van der Waals surface area contributed by atoms with Crippen molar-refractivity contribution in [3.63, 3.8) is 0 Å². The number of fused-ring (bicyclic) bond motifs is 1. The van der Waals surface area contributed by atoms with Crippen LogP contribution in [0.1, 0.15) is 23.2 Å². The molecule has 0 saturated heterocycles. The third-order valence-electron chi connectivity index (χ3n) is 4.38. The maximum atomic E-state index is 12.2. The number of rotatable bonds is 5. The van der Waals surface area contributed by atoms with Gasteiger partial charge < -0.3 is 14.4 Å². The van der Waals surface area contributed by atoms with E-state index in [2.05, 4.69) is 4.98 Å². The van der Waals surface area contributed by atoms with Gasteiger partial charge in [0.05, 0.1) is 5.52 Å². The molecule has 1 aliphatic rings. The first-order valence-corrected chi connectivity index (χ1v) is 9.10. The van der Waals surface area contributed by atoms with E-state index in [1.807, 2.05) is 0 Å². The molecule has 0 spiro atoms. The molecule has 0 bridgehead atoms. The third kappa shape index (κ3) is 2.54. The summed E-state index contributed by atoms with van der Waals surface area (Å²) in [5.41, 5.74) is -0.449. The first-order chi connectivity index (χ1) is 11.2. The number of carboxylic acid groups (broad SMARTS) is 1. The van der Waals surface area contributed by atoms with Crippen molar-refractivity contribution in [3.8, 4) is 5.75 Å². The van der Waals surface area contributed by atoms with Crippen LogP contribution in [0.25, 0.3) is 11.0 Å².